The van der Waals surface area contributed by atoms with Crippen molar-refractivity contribution < 1.29 is 22.9 Å². The summed E-state index contributed by atoms with van der Waals surface area (Å²) >= 11 is 0. The molecule has 1 aliphatic heterocycles. The van der Waals surface area contributed by atoms with E-state index in [0.717, 1.165) is 0 Å². The number of nitrogens with zero attached hydrogens (tertiary/aromatic N) is 2. The van der Waals surface area contributed by atoms with Crippen LogP contribution in [0.5, 0.6) is 0 Å². The Kier molecular flexibility index (Phi) is 6.26. The number of sulfonamides is 1. The maximum atomic E-state index is 12.9. The molecule has 1 fully saturated rings. The first-order valence-electron chi connectivity index (χ1n) is 8.99. The zero-order chi connectivity index (χ0) is 21.0. The molecule has 1 amide bonds. The van der Waals surface area contributed by atoms with E-state index in [2.05, 4.69) is 5.32 Å². The van der Waals surface area contributed by atoms with Crippen molar-refractivity contribution in [1.82, 2.24) is 4.31 Å². The van der Waals surface area contributed by atoms with Gasteiger partial charge in [0.05, 0.1) is 29.5 Å². The summed E-state index contributed by atoms with van der Waals surface area (Å²) in [4.78, 5) is 22.7. The minimum Gasteiger partial charge on any atom is -0.379 e. The van der Waals surface area contributed by atoms with Crippen LogP contribution in [0.3, 0.4) is 0 Å². The molecule has 1 N–H and O–H groups in total. The van der Waals surface area contributed by atoms with Crippen molar-refractivity contribution in [1.29, 1.82) is 0 Å². The van der Waals surface area contributed by atoms with Crippen LogP contribution in [-0.4, -0.2) is 49.9 Å². The van der Waals surface area contributed by atoms with Crippen LogP contribution in [0.25, 0.3) is 0 Å². The Morgan fingerprint density at radius 2 is 1.83 bits per heavy atom. The Labute approximate surface area is 168 Å². The molecule has 0 spiro atoms. The monoisotopic (exact) mass is 419 g/mol. The molecule has 1 saturated heterocycles. The van der Waals surface area contributed by atoms with Gasteiger partial charge < -0.3 is 10.1 Å². The van der Waals surface area contributed by atoms with Gasteiger partial charge in [-0.1, -0.05) is 18.2 Å². The maximum absolute atomic E-state index is 12.9. The number of amides is 1. The lowest BCUT2D eigenvalue weighted by Gasteiger charge is -2.26. The molecule has 0 radical (unpaired) electrons. The van der Waals surface area contributed by atoms with Crippen molar-refractivity contribution in [2.24, 2.45) is 0 Å². The molecule has 0 unspecified atom stereocenters. The van der Waals surface area contributed by atoms with Crippen LogP contribution in [0.4, 0.5) is 11.4 Å². The van der Waals surface area contributed by atoms with Crippen molar-refractivity contribution in [3.05, 3.63) is 63.7 Å². The number of nitro benzene ring substituents is 1. The Morgan fingerprint density at radius 1 is 1.17 bits per heavy atom. The Bertz CT molecular complexity index is 1010. The highest BCUT2D eigenvalue weighted by molar-refractivity contribution is 7.89. The molecular formula is C19H21N3O6S. The van der Waals surface area contributed by atoms with Gasteiger partial charge in [0.25, 0.3) is 5.69 Å². The average molecular weight is 419 g/mol. The summed E-state index contributed by atoms with van der Waals surface area (Å²) in [6, 6.07) is 10.4. The topological polar surface area (TPSA) is 119 Å². The fourth-order valence-corrected chi connectivity index (χ4v) is 4.67. The van der Waals surface area contributed by atoms with Gasteiger partial charge in [-0.3, -0.25) is 14.9 Å². The summed E-state index contributed by atoms with van der Waals surface area (Å²) in [5.41, 5.74) is 1.52. The number of aryl methyl sites for hydroxylation is 1. The second-order valence-corrected chi connectivity index (χ2v) is 8.55. The number of nitro groups is 1. The van der Waals surface area contributed by atoms with E-state index in [1.54, 1.807) is 19.1 Å². The molecule has 154 valence electrons. The standard InChI is InChI=1S/C19H21N3O6S/c1-14-2-5-16(13-18(14)29(26,27)21-8-10-28-11-9-21)20-19(23)12-15-3-6-17(7-4-15)22(24)25/h2-7,13H,8-12H2,1H3,(H,20,23). The van der Waals surface area contributed by atoms with Crippen LogP contribution in [0.2, 0.25) is 0 Å². The molecule has 1 aliphatic rings. The fourth-order valence-electron chi connectivity index (χ4n) is 3.01. The summed E-state index contributed by atoms with van der Waals surface area (Å²) in [6.07, 6.45) is 0.0113. The number of nitrogens with one attached hydrogen (secondary N) is 1. The third kappa shape index (κ3) is 4.97. The lowest BCUT2D eigenvalue weighted by molar-refractivity contribution is -0.384. The first-order chi connectivity index (χ1) is 13.8. The van der Waals surface area contributed by atoms with Gasteiger partial charge in [-0.05, 0) is 30.2 Å². The number of anilines is 1. The van der Waals surface area contributed by atoms with Crippen LogP contribution in [0.15, 0.2) is 47.4 Å². The molecule has 0 bridgehead atoms. The maximum Gasteiger partial charge on any atom is 0.269 e. The number of carbonyl (C=O) groups excluding carboxylic acids is 1. The summed E-state index contributed by atoms with van der Waals surface area (Å²) in [5, 5.41) is 13.4. The zero-order valence-corrected chi connectivity index (χ0v) is 16.6. The van der Waals surface area contributed by atoms with Gasteiger partial charge in [-0.2, -0.15) is 4.31 Å². The highest BCUT2D eigenvalue weighted by atomic mass is 32.2. The molecule has 29 heavy (non-hydrogen) atoms. The van der Waals surface area contributed by atoms with Gasteiger partial charge in [-0.15, -0.1) is 0 Å². The highest BCUT2D eigenvalue weighted by Gasteiger charge is 2.28. The largest absolute Gasteiger partial charge is 0.379 e. The molecule has 0 aliphatic carbocycles. The SMILES string of the molecule is Cc1ccc(NC(=O)Cc2ccc([N+](=O)[O-])cc2)cc1S(=O)(=O)N1CCOCC1. The smallest absolute Gasteiger partial charge is 0.269 e. The van der Waals surface area contributed by atoms with E-state index >= 15 is 0 Å². The normalized spacial score (nSPS) is 15.1. The molecule has 0 saturated carbocycles. The van der Waals surface area contributed by atoms with Crippen LogP contribution in [0, 0.1) is 17.0 Å². The first kappa shape index (κ1) is 20.9. The quantitative estimate of drug-likeness (QED) is 0.566. The second-order valence-electron chi connectivity index (χ2n) is 6.65. The van der Waals surface area contributed by atoms with E-state index in [4.69, 9.17) is 4.74 Å². The Balaban J connectivity index is 1.73. The zero-order valence-electron chi connectivity index (χ0n) is 15.8. The van der Waals surface area contributed by atoms with Gasteiger partial charge in [0.15, 0.2) is 0 Å². The van der Waals surface area contributed by atoms with Gasteiger partial charge in [0, 0.05) is 30.9 Å². The van der Waals surface area contributed by atoms with E-state index in [1.807, 2.05) is 0 Å². The van der Waals surface area contributed by atoms with E-state index in [9.17, 15) is 23.3 Å². The summed E-state index contributed by atoms with van der Waals surface area (Å²) in [7, 11) is -3.68. The van der Waals surface area contributed by atoms with Crippen LogP contribution in [-0.2, 0) is 26.0 Å². The van der Waals surface area contributed by atoms with Gasteiger partial charge in [0.1, 0.15) is 0 Å². The van der Waals surface area contributed by atoms with Gasteiger partial charge in [-0.25, -0.2) is 8.42 Å². The van der Waals surface area contributed by atoms with Crippen molar-refractivity contribution in [2.75, 3.05) is 31.6 Å². The van der Waals surface area contributed by atoms with E-state index in [0.29, 0.717) is 43.1 Å². The minimum absolute atomic E-state index is 0.0113. The molecule has 2 aromatic rings. The van der Waals surface area contributed by atoms with Crippen molar-refractivity contribution in [3.8, 4) is 0 Å². The van der Waals surface area contributed by atoms with E-state index in [-0.39, 0.29) is 22.9 Å². The van der Waals surface area contributed by atoms with Crippen LogP contribution >= 0.6 is 0 Å². The third-order valence-electron chi connectivity index (χ3n) is 4.57. The molecule has 10 heteroatoms. The van der Waals surface area contributed by atoms with Crippen molar-refractivity contribution in [2.45, 2.75) is 18.2 Å². The van der Waals surface area contributed by atoms with E-state index in [1.165, 1.54) is 34.6 Å². The molecule has 1 heterocycles. The van der Waals surface area contributed by atoms with Gasteiger partial charge in [0.2, 0.25) is 15.9 Å². The Morgan fingerprint density at radius 3 is 2.45 bits per heavy atom. The fraction of sp³-hybridized carbons (Fsp3) is 0.316. The molecule has 0 atom stereocenters. The predicted molar refractivity (Wildman–Crippen MR) is 106 cm³/mol. The van der Waals surface area contributed by atoms with Crippen molar-refractivity contribution in [3.63, 3.8) is 0 Å². The van der Waals surface area contributed by atoms with Gasteiger partial charge >= 0.3 is 0 Å². The number of benzene rings is 2. The van der Waals surface area contributed by atoms with E-state index < -0.39 is 14.9 Å². The number of non-ortho nitro benzene ring substituents is 1. The molecule has 0 aromatic heterocycles. The second kappa shape index (κ2) is 8.68. The summed E-state index contributed by atoms with van der Waals surface area (Å²) < 4.78 is 32.4. The van der Waals surface area contributed by atoms with Crippen molar-refractivity contribution >= 4 is 27.3 Å². The molecule has 3 rings (SSSR count). The number of hydrogen-bond donors (Lipinski definition) is 1. The number of ether oxygens (including phenoxy) is 1. The number of carbonyl (C=O) groups is 1. The lowest BCUT2D eigenvalue weighted by Crippen LogP contribution is -2.40. The first-order valence-corrected chi connectivity index (χ1v) is 10.4. The molecule has 9 nitrogen and oxygen atoms in total. The predicted octanol–water partition coefficient (Wildman–Crippen LogP) is 2.11. The lowest BCUT2D eigenvalue weighted by atomic mass is 10.1. The third-order valence-corrected chi connectivity index (χ3v) is 6.61. The summed E-state index contributed by atoms with van der Waals surface area (Å²) in [5.74, 6) is -0.350. The van der Waals surface area contributed by atoms with Crippen LogP contribution < -0.4 is 5.32 Å². The number of hydrogen-bond acceptors (Lipinski definition) is 6. The summed E-state index contributed by atoms with van der Waals surface area (Å²) in [6.45, 7) is 2.99. The minimum atomic E-state index is -3.68. The van der Waals surface area contributed by atoms with Crippen LogP contribution in [0.1, 0.15) is 11.1 Å². The number of morpholine rings is 1. The average Bonchev–Trinajstić information content (AvgIpc) is 2.70. The highest BCUT2D eigenvalue weighted by Crippen LogP contribution is 2.24. The number of rotatable bonds is 6. The molecule has 2 aromatic carbocycles. The Hall–Kier alpha value is -2.82. The molecular weight excluding hydrogens is 398 g/mol.